The molecule has 2 aliphatic heterocycles. The predicted molar refractivity (Wildman–Crippen MR) is 105 cm³/mol. The monoisotopic (exact) mass is 432 g/mol. The van der Waals surface area contributed by atoms with Crippen molar-refractivity contribution in [3.05, 3.63) is 56.9 Å². The number of amides is 1. The van der Waals surface area contributed by atoms with E-state index in [1.807, 2.05) is 37.3 Å². The smallest absolute Gasteiger partial charge is 0.276 e. The molecule has 8 heteroatoms. The van der Waals surface area contributed by atoms with Crippen molar-refractivity contribution in [2.45, 2.75) is 26.4 Å². The highest BCUT2D eigenvalue weighted by Gasteiger charge is 2.35. The second kappa shape index (κ2) is 6.92. The molecule has 1 aromatic heterocycles. The van der Waals surface area contributed by atoms with Gasteiger partial charge in [-0.15, -0.1) is 5.10 Å². The maximum atomic E-state index is 12.9. The fourth-order valence-electron chi connectivity index (χ4n) is 2.89. The first-order valence-electron chi connectivity index (χ1n) is 8.33. The van der Waals surface area contributed by atoms with E-state index in [2.05, 4.69) is 33.3 Å². The lowest BCUT2D eigenvalue weighted by atomic mass is 10.1. The van der Waals surface area contributed by atoms with Crippen molar-refractivity contribution in [1.82, 2.24) is 10.3 Å². The molecule has 0 saturated heterocycles. The van der Waals surface area contributed by atoms with E-state index in [9.17, 15) is 4.79 Å². The first-order valence-corrected chi connectivity index (χ1v) is 10.1. The number of hydrogen-bond donors (Lipinski definition) is 1. The zero-order chi connectivity index (χ0) is 18.3. The second-order valence-electron chi connectivity index (χ2n) is 6.01. The Morgan fingerprint density at radius 3 is 2.92 bits per heavy atom. The Balaban J connectivity index is 1.92. The Kier molecular flexibility index (Phi) is 4.62. The van der Waals surface area contributed by atoms with Crippen LogP contribution in [0.1, 0.15) is 31.0 Å². The largest absolute Gasteiger partial charge is 0.462 e. The van der Waals surface area contributed by atoms with Gasteiger partial charge in [0.2, 0.25) is 6.17 Å². The van der Waals surface area contributed by atoms with Crippen LogP contribution in [-0.2, 0) is 4.79 Å². The van der Waals surface area contributed by atoms with E-state index in [0.29, 0.717) is 16.6 Å². The number of rotatable bonds is 3. The number of benzene rings is 1. The molecule has 26 heavy (non-hydrogen) atoms. The Morgan fingerprint density at radius 2 is 2.19 bits per heavy atom. The van der Waals surface area contributed by atoms with Crippen LogP contribution in [0, 0.1) is 6.92 Å². The molecular formula is C18H17BrN4O2S. The van der Waals surface area contributed by atoms with Gasteiger partial charge in [0.25, 0.3) is 5.91 Å². The van der Waals surface area contributed by atoms with E-state index in [0.717, 1.165) is 33.0 Å². The van der Waals surface area contributed by atoms with Gasteiger partial charge in [0.15, 0.2) is 10.9 Å². The average molecular weight is 433 g/mol. The molecule has 0 unspecified atom stereocenters. The Hall–Kier alpha value is -2.06. The molecule has 0 radical (unpaired) electrons. The summed E-state index contributed by atoms with van der Waals surface area (Å²) in [7, 11) is 0. The third-order valence-electron chi connectivity index (χ3n) is 4.03. The maximum absolute atomic E-state index is 12.9. The summed E-state index contributed by atoms with van der Waals surface area (Å²) >= 11 is 5.00. The number of thioether (sulfide) groups is 1. The highest BCUT2D eigenvalue weighted by Crippen LogP contribution is 2.31. The highest BCUT2D eigenvalue weighted by molar-refractivity contribution is 9.10. The fourth-order valence-corrected chi connectivity index (χ4v) is 3.96. The first kappa shape index (κ1) is 17.4. The molecule has 0 aliphatic carbocycles. The summed E-state index contributed by atoms with van der Waals surface area (Å²) in [5.74, 6) is 2.16. The number of nitrogens with zero attached hydrogens (tertiary/aromatic N) is 3. The minimum absolute atomic E-state index is 0.180. The van der Waals surface area contributed by atoms with Gasteiger partial charge in [0.05, 0.1) is 5.36 Å². The number of amidine groups is 1. The number of carbonyl (C=O) groups is 1. The number of furan rings is 1. The van der Waals surface area contributed by atoms with Crippen molar-refractivity contribution in [2.24, 2.45) is 10.1 Å². The van der Waals surface area contributed by atoms with Gasteiger partial charge in [-0.1, -0.05) is 34.6 Å². The van der Waals surface area contributed by atoms with Crippen molar-refractivity contribution < 1.29 is 9.21 Å². The topological polar surface area (TPSA) is 70.2 Å². The van der Waals surface area contributed by atoms with E-state index >= 15 is 0 Å². The van der Waals surface area contributed by atoms with Gasteiger partial charge in [-0.05, 0) is 43.7 Å². The lowest BCUT2D eigenvalue weighted by Crippen LogP contribution is -2.50. The van der Waals surface area contributed by atoms with Gasteiger partial charge in [-0.2, -0.15) is 0 Å². The summed E-state index contributed by atoms with van der Waals surface area (Å²) < 4.78 is 6.68. The summed E-state index contributed by atoms with van der Waals surface area (Å²) in [6, 6.07) is 9.47. The number of carbonyl (C=O) groups excluding carboxylic acids is 1. The van der Waals surface area contributed by atoms with Gasteiger partial charge in [-0.25, -0.2) is 10.0 Å². The molecule has 2 aliphatic rings. The number of fused-ring (bicyclic) bond motifs is 2. The number of halogens is 1. The van der Waals surface area contributed by atoms with Crippen LogP contribution in [0.4, 0.5) is 0 Å². The minimum atomic E-state index is -0.504. The summed E-state index contributed by atoms with van der Waals surface area (Å²) in [6.45, 7) is 3.98. The molecule has 4 rings (SSSR count). The fraction of sp³-hybridized carbons (Fsp3) is 0.278. The average Bonchev–Trinajstić information content (AvgIpc) is 3.05. The third kappa shape index (κ3) is 3.07. The molecule has 1 aromatic carbocycles. The maximum Gasteiger partial charge on any atom is 0.276 e. The molecule has 0 spiro atoms. The molecule has 0 bridgehead atoms. The van der Waals surface area contributed by atoms with Gasteiger partial charge in [0, 0.05) is 15.4 Å². The predicted octanol–water partition coefficient (Wildman–Crippen LogP) is 2.64. The zero-order valence-corrected chi connectivity index (χ0v) is 16.7. The van der Waals surface area contributed by atoms with E-state index in [-0.39, 0.29) is 5.91 Å². The van der Waals surface area contributed by atoms with Crippen LogP contribution in [0.2, 0.25) is 0 Å². The van der Waals surface area contributed by atoms with E-state index < -0.39 is 6.17 Å². The minimum Gasteiger partial charge on any atom is -0.462 e. The second-order valence-corrected chi connectivity index (χ2v) is 8.01. The molecule has 0 fully saturated rings. The van der Waals surface area contributed by atoms with Crippen LogP contribution < -0.4 is 15.9 Å². The standard InChI is InChI=1S/C18H17BrN4O2S/c1-3-8-26-18-21-17(24)15-12-9-11(19)5-6-13(12)20-16(23(15)22-18)14-7-4-10(2)25-14/h4-7,9,16H,3,8H2,1-2H3,(H,21,22,24)/t16-/m0/s1. The van der Waals surface area contributed by atoms with Crippen LogP contribution in [0.15, 0.2) is 49.3 Å². The van der Waals surface area contributed by atoms with Crippen molar-refractivity contribution in [2.75, 3.05) is 5.75 Å². The highest BCUT2D eigenvalue weighted by atomic mass is 79.9. The molecule has 0 saturated carbocycles. The normalized spacial score (nSPS) is 18.7. The summed E-state index contributed by atoms with van der Waals surface area (Å²) in [4.78, 5) is 17.7. The molecule has 2 aromatic rings. The van der Waals surface area contributed by atoms with Crippen LogP contribution in [0.25, 0.3) is 5.70 Å². The lowest BCUT2D eigenvalue weighted by Gasteiger charge is -2.32. The van der Waals surface area contributed by atoms with Crippen molar-refractivity contribution >= 4 is 44.5 Å². The number of hydrogen-bond acceptors (Lipinski definition) is 6. The van der Waals surface area contributed by atoms with Gasteiger partial charge in [0.1, 0.15) is 11.5 Å². The molecular weight excluding hydrogens is 416 g/mol. The summed E-state index contributed by atoms with van der Waals surface area (Å²) in [5.41, 5.74) is 0.483. The molecule has 134 valence electrons. The summed E-state index contributed by atoms with van der Waals surface area (Å²) in [5, 5.41) is 11.3. The van der Waals surface area contributed by atoms with Gasteiger partial charge < -0.3 is 4.42 Å². The quantitative estimate of drug-likeness (QED) is 0.808. The van der Waals surface area contributed by atoms with Crippen molar-refractivity contribution in [3.63, 3.8) is 0 Å². The Labute approximate surface area is 163 Å². The first-order chi connectivity index (χ1) is 12.6. The van der Waals surface area contributed by atoms with Gasteiger partial charge in [-0.3, -0.25) is 10.1 Å². The molecule has 3 heterocycles. The van der Waals surface area contributed by atoms with Crippen LogP contribution in [-0.4, -0.2) is 21.8 Å². The van der Waals surface area contributed by atoms with Crippen molar-refractivity contribution in [3.8, 4) is 0 Å². The van der Waals surface area contributed by atoms with Crippen LogP contribution >= 0.6 is 27.7 Å². The summed E-state index contributed by atoms with van der Waals surface area (Å²) in [6.07, 6.45) is 0.493. The lowest BCUT2D eigenvalue weighted by molar-refractivity contribution is -0.116. The van der Waals surface area contributed by atoms with Crippen LogP contribution in [0.3, 0.4) is 0 Å². The molecule has 1 atom stereocenters. The van der Waals surface area contributed by atoms with E-state index in [1.165, 1.54) is 11.8 Å². The molecule has 1 N–H and O–H groups in total. The van der Waals surface area contributed by atoms with E-state index in [1.54, 1.807) is 5.01 Å². The zero-order valence-electron chi connectivity index (χ0n) is 14.3. The number of nitrogens with one attached hydrogen (secondary N) is 1. The van der Waals surface area contributed by atoms with E-state index in [4.69, 9.17) is 9.41 Å². The SMILES string of the molecule is CCCSC1=NN2C(=c3cc(Br)ccc3=N[C@@H]2c2ccc(C)o2)C(=O)N1. The van der Waals surface area contributed by atoms with Gasteiger partial charge >= 0.3 is 0 Å². The third-order valence-corrected chi connectivity index (χ3v) is 5.59. The number of aryl methyl sites for hydroxylation is 1. The Bertz CT molecular complexity index is 1030. The number of hydrazone groups is 1. The van der Waals surface area contributed by atoms with Crippen LogP contribution in [0.5, 0.6) is 0 Å². The Morgan fingerprint density at radius 1 is 1.35 bits per heavy atom. The molecule has 6 nitrogen and oxygen atoms in total. The molecule has 1 amide bonds. The van der Waals surface area contributed by atoms with Crippen molar-refractivity contribution in [1.29, 1.82) is 0 Å².